The van der Waals surface area contributed by atoms with Gasteiger partial charge in [-0.25, -0.2) is 8.42 Å². The maximum Gasteiger partial charge on any atom is 0.254 e. The van der Waals surface area contributed by atoms with E-state index in [1.165, 1.54) is 0 Å². The van der Waals surface area contributed by atoms with Crippen molar-refractivity contribution in [3.05, 3.63) is 89.7 Å². The highest BCUT2D eigenvalue weighted by Gasteiger charge is 2.31. The second kappa shape index (κ2) is 7.64. The molecule has 1 fully saturated rings. The summed E-state index contributed by atoms with van der Waals surface area (Å²) in [5, 5.41) is 0. The van der Waals surface area contributed by atoms with E-state index in [0.29, 0.717) is 17.7 Å². The number of nitrogens with zero attached hydrogens (tertiary/aromatic N) is 1. The van der Waals surface area contributed by atoms with Gasteiger partial charge in [-0.05, 0) is 54.8 Å². The van der Waals surface area contributed by atoms with Crippen LogP contribution in [0.3, 0.4) is 0 Å². The molecule has 1 atom stereocenters. The fourth-order valence-electron chi connectivity index (χ4n) is 3.78. The van der Waals surface area contributed by atoms with E-state index in [-0.39, 0.29) is 22.6 Å². The van der Waals surface area contributed by atoms with Crippen LogP contribution in [0.25, 0.3) is 0 Å². The van der Waals surface area contributed by atoms with Gasteiger partial charge in [0, 0.05) is 24.0 Å². The minimum Gasteiger partial charge on any atom is -0.363 e. The van der Waals surface area contributed by atoms with Crippen LogP contribution in [0.5, 0.6) is 0 Å². The number of aromatic amines is 1. The fraction of sp³-hybridized carbons (Fsp3) is 0.227. The van der Waals surface area contributed by atoms with E-state index < -0.39 is 9.84 Å². The van der Waals surface area contributed by atoms with Gasteiger partial charge in [-0.15, -0.1) is 0 Å². The predicted octanol–water partition coefficient (Wildman–Crippen LogP) is 3.97. The first-order valence-electron chi connectivity index (χ1n) is 9.35. The highest BCUT2D eigenvalue weighted by Crippen LogP contribution is 2.32. The number of hydrogen-bond donors (Lipinski definition) is 1. The summed E-state index contributed by atoms with van der Waals surface area (Å²) in [5.74, 6) is -0.186. The van der Waals surface area contributed by atoms with E-state index in [1.807, 2.05) is 23.2 Å². The third kappa shape index (κ3) is 3.73. The molecule has 0 saturated carbocycles. The Hall–Kier alpha value is -2.86. The fourth-order valence-corrected chi connectivity index (χ4v) is 5.13. The normalized spacial score (nSPS) is 17.0. The van der Waals surface area contributed by atoms with Gasteiger partial charge in [-0.2, -0.15) is 0 Å². The van der Waals surface area contributed by atoms with Gasteiger partial charge in [0.15, 0.2) is 9.84 Å². The lowest BCUT2D eigenvalue weighted by atomic mass is 10.1. The van der Waals surface area contributed by atoms with Crippen LogP contribution in [-0.4, -0.2) is 30.8 Å². The van der Waals surface area contributed by atoms with Crippen molar-refractivity contribution in [3.8, 4) is 0 Å². The summed E-state index contributed by atoms with van der Waals surface area (Å²) in [6.45, 7) is 0.703. The van der Waals surface area contributed by atoms with Gasteiger partial charge in [0.2, 0.25) is 0 Å². The lowest BCUT2D eigenvalue weighted by molar-refractivity contribution is 0.0733. The molecule has 0 bridgehead atoms. The second-order valence-electron chi connectivity index (χ2n) is 7.05. The number of aromatic nitrogens is 1. The van der Waals surface area contributed by atoms with Crippen LogP contribution in [0, 0.1) is 0 Å². The van der Waals surface area contributed by atoms with Gasteiger partial charge in [-0.1, -0.05) is 30.3 Å². The van der Waals surface area contributed by atoms with Crippen molar-refractivity contribution in [2.24, 2.45) is 0 Å². The van der Waals surface area contributed by atoms with Crippen molar-refractivity contribution >= 4 is 15.7 Å². The van der Waals surface area contributed by atoms with Crippen molar-refractivity contribution in [2.45, 2.75) is 29.5 Å². The van der Waals surface area contributed by atoms with E-state index in [4.69, 9.17) is 0 Å². The number of H-pyrrole nitrogens is 1. The number of rotatable bonds is 5. The number of benzene rings is 2. The summed E-state index contributed by atoms with van der Waals surface area (Å²) in [6, 6.07) is 19.3. The van der Waals surface area contributed by atoms with Crippen LogP contribution in [0.15, 0.2) is 77.8 Å². The van der Waals surface area contributed by atoms with E-state index in [1.54, 1.807) is 54.6 Å². The monoisotopic (exact) mass is 394 g/mol. The molecule has 1 aliphatic heterocycles. The van der Waals surface area contributed by atoms with Crippen molar-refractivity contribution in [3.63, 3.8) is 0 Å². The minimum atomic E-state index is -3.45. The van der Waals surface area contributed by atoms with Gasteiger partial charge >= 0.3 is 0 Å². The molecule has 1 N–H and O–H groups in total. The summed E-state index contributed by atoms with van der Waals surface area (Å²) in [4.78, 5) is 18.5. The molecule has 1 aromatic heterocycles. The zero-order valence-electron chi connectivity index (χ0n) is 15.4. The zero-order chi connectivity index (χ0) is 19.6. The van der Waals surface area contributed by atoms with Crippen LogP contribution in [-0.2, 0) is 15.6 Å². The Bertz CT molecular complexity index is 1060. The SMILES string of the molecule is O=C(c1cccc(CS(=O)(=O)c2ccccc2)c1)N1CCCC1c1ccc[nH]1. The zero-order valence-corrected chi connectivity index (χ0v) is 16.2. The van der Waals surface area contributed by atoms with Crippen LogP contribution < -0.4 is 0 Å². The van der Waals surface area contributed by atoms with E-state index >= 15 is 0 Å². The summed E-state index contributed by atoms with van der Waals surface area (Å²) in [7, 11) is -3.45. The molecule has 1 saturated heterocycles. The molecule has 28 heavy (non-hydrogen) atoms. The largest absolute Gasteiger partial charge is 0.363 e. The molecule has 144 valence electrons. The van der Waals surface area contributed by atoms with E-state index in [0.717, 1.165) is 18.5 Å². The molecular weight excluding hydrogens is 372 g/mol. The Morgan fingerprint density at radius 1 is 1.04 bits per heavy atom. The average Bonchev–Trinajstić information content (AvgIpc) is 3.39. The second-order valence-corrected chi connectivity index (χ2v) is 9.04. The molecule has 6 heteroatoms. The smallest absolute Gasteiger partial charge is 0.254 e. The molecule has 1 aliphatic rings. The van der Waals surface area contributed by atoms with Gasteiger partial charge in [0.25, 0.3) is 5.91 Å². The quantitative estimate of drug-likeness (QED) is 0.712. The number of nitrogens with one attached hydrogen (secondary N) is 1. The topological polar surface area (TPSA) is 70.2 Å². The Kier molecular flexibility index (Phi) is 5.05. The van der Waals surface area contributed by atoms with E-state index in [9.17, 15) is 13.2 Å². The number of sulfone groups is 1. The summed E-state index contributed by atoms with van der Waals surface area (Å²) in [6.07, 6.45) is 3.75. The molecule has 0 radical (unpaired) electrons. The summed E-state index contributed by atoms with van der Waals surface area (Å²) < 4.78 is 25.3. The highest BCUT2D eigenvalue weighted by molar-refractivity contribution is 7.90. The molecule has 1 amide bonds. The highest BCUT2D eigenvalue weighted by atomic mass is 32.2. The molecule has 1 unspecified atom stereocenters. The maximum atomic E-state index is 13.1. The first kappa shape index (κ1) is 18.5. The van der Waals surface area contributed by atoms with Gasteiger partial charge in [0.1, 0.15) is 0 Å². The molecule has 0 aliphatic carbocycles. The van der Waals surface area contributed by atoms with Crippen LogP contribution in [0.1, 0.15) is 40.5 Å². The Morgan fingerprint density at radius 3 is 2.61 bits per heavy atom. The Labute approximate surface area is 164 Å². The van der Waals surface area contributed by atoms with Crippen molar-refractivity contribution in [2.75, 3.05) is 6.54 Å². The van der Waals surface area contributed by atoms with Crippen LogP contribution in [0.4, 0.5) is 0 Å². The van der Waals surface area contributed by atoms with Crippen molar-refractivity contribution in [1.29, 1.82) is 0 Å². The average molecular weight is 394 g/mol. The van der Waals surface area contributed by atoms with Crippen LogP contribution >= 0.6 is 0 Å². The molecule has 4 rings (SSSR count). The van der Waals surface area contributed by atoms with Gasteiger partial charge < -0.3 is 9.88 Å². The molecule has 0 spiro atoms. The Balaban J connectivity index is 1.56. The predicted molar refractivity (Wildman–Crippen MR) is 108 cm³/mol. The number of likely N-dealkylation sites (tertiary alicyclic amines) is 1. The lowest BCUT2D eigenvalue weighted by Gasteiger charge is -2.24. The minimum absolute atomic E-state index is 0.0409. The van der Waals surface area contributed by atoms with E-state index in [2.05, 4.69) is 4.98 Å². The third-order valence-electron chi connectivity index (χ3n) is 5.13. The third-order valence-corrected chi connectivity index (χ3v) is 6.83. The summed E-state index contributed by atoms with van der Waals surface area (Å²) >= 11 is 0. The maximum absolute atomic E-state index is 13.1. The number of hydrogen-bond acceptors (Lipinski definition) is 3. The summed E-state index contributed by atoms with van der Waals surface area (Å²) in [5.41, 5.74) is 2.18. The molecule has 3 aromatic rings. The van der Waals surface area contributed by atoms with Gasteiger partial charge in [-0.3, -0.25) is 4.79 Å². The molecular formula is C22H22N2O3S. The first-order chi connectivity index (χ1) is 13.5. The lowest BCUT2D eigenvalue weighted by Crippen LogP contribution is -2.30. The molecule has 2 aromatic carbocycles. The number of carbonyl (C=O) groups excluding carboxylic acids is 1. The molecule has 2 heterocycles. The molecule has 5 nitrogen and oxygen atoms in total. The van der Waals surface area contributed by atoms with Gasteiger partial charge in [0.05, 0.1) is 16.7 Å². The standard InChI is InChI=1S/C22H22N2O3S/c25-22(24-14-6-12-21(24)20-11-5-13-23-20)18-8-4-7-17(15-18)16-28(26,27)19-9-2-1-3-10-19/h1-5,7-11,13,15,21,23H,6,12,14,16H2. The number of carbonyl (C=O) groups is 1. The first-order valence-corrected chi connectivity index (χ1v) is 11.0. The van der Waals surface area contributed by atoms with Crippen molar-refractivity contribution in [1.82, 2.24) is 9.88 Å². The van der Waals surface area contributed by atoms with Crippen molar-refractivity contribution < 1.29 is 13.2 Å². The Morgan fingerprint density at radius 2 is 1.86 bits per heavy atom. The van der Waals surface area contributed by atoms with Crippen LogP contribution in [0.2, 0.25) is 0 Å². The number of amides is 1.